The standard InChI is InChI=1S/C23H25N3O4/c27-19-2-1-7-26(14-19)18-5-3-17(4-6-18)24-13-16-10-15-11-21-22(30-9-8-29-21)12-20(15)25-23(16)28/h3-6,10-12,19,24,27H,1-2,7-9,13-14H2,(H,25,28)/t19-/m1/s1. The summed E-state index contributed by atoms with van der Waals surface area (Å²) in [5, 5.41) is 14.1. The zero-order valence-corrected chi connectivity index (χ0v) is 16.7. The average molecular weight is 407 g/mol. The zero-order chi connectivity index (χ0) is 20.5. The number of aliphatic hydroxyl groups is 1. The van der Waals surface area contributed by atoms with Gasteiger partial charge in [0.1, 0.15) is 13.2 Å². The summed E-state index contributed by atoms with van der Waals surface area (Å²) in [6, 6.07) is 13.7. The molecule has 30 heavy (non-hydrogen) atoms. The minimum Gasteiger partial charge on any atom is -0.486 e. The molecule has 0 amide bonds. The van der Waals surface area contributed by atoms with E-state index in [4.69, 9.17) is 9.47 Å². The molecule has 0 unspecified atom stereocenters. The second-order valence-corrected chi connectivity index (χ2v) is 7.85. The van der Waals surface area contributed by atoms with Crippen LogP contribution in [-0.2, 0) is 6.54 Å². The molecule has 7 heteroatoms. The number of piperidine rings is 1. The van der Waals surface area contributed by atoms with Gasteiger partial charge in [-0.1, -0.05) is 0 Å². The topological polar surface area (TPSA) is 86.8 Å². The summed E-state index contributed by atoms with van der Waals surface area (Å²) in [7, 11) is 0. The van der Waals surface area contributed by atoms with Crippen molar-refractivity contribution in [2.45, 2.75) is 25.5 Å². The number of ether oxygens (including phenoxy) is 2. The maximum absolute atomic E-state index is 12.5. The van der Waals surface area contributed by atoms with Crippen LogP contribution in [0, 0.1) is 0 Å². The summed E-state index contributed by atoms with van der Waals surface area (Å²) in [6.45, 7) is 3.11. The van der Waals surface area contributed by atoms with Crippen molar-refractivity contribution in [2.24, 2.45) is 0 Å². The van der Waals surface area contributed by atoms with Gasteiger partial charge in [0.2, 0.25) is 0 Å². The van der Waals surface area contributed by atoms with Gasteiger partial charge in [-0.05, 0) is 49.2 Å². The van der Waals surface area contributed by atoms with Gasteiger partial charge in [-0.15, -0.1) is 0 Å². The predicted octanol–water partition coefficient (Wildman–Crippen LogP) is 2.87. The van der Waals surface area contributed by atoms with Crippen molar-refractivity contribution in [3.8, 4) is 11.5 Å². The van der Waals surface area contributed by atoms with E-state index in [-0.39, 0.29) is 11.7 Å². The van der Waals surface area contributed by atoms with Crippen LogP contribution >= 0.6 is 0 Å². The van der Waals surface area contributed by atoms with E-state index in [9.17, 15) is 9.90 Å². The number of benzene rings is 2. The fourth-order valence-corrected chi connectivity index (χ4v) is 4.10. The maximum atomic E-state index is 12.5. The molecular formula is C23H25N3O4. The molecule has 2 aromatic carbocycles. The van der Waals surface area contributed by atoms with Crippen LogP contribution in [0.3, 0.4) is 0 Å². The number of rotatable bonds is 4. The number of fused-ring (bicyclic) bond motifs is 2. The quantitative estimate of drug-likeness (QED) is 0.617. The van der Waals surface area contributed by atoms with E-state index in [2.05, 4.69) is 27.3 Å². The molecule has 0 saturated carbocycles. The third-order valence-corrected chi connectivity index (χ3v) is 5.70. The van der Waals surface area contributed by atoms with Crippen molar-refractivity contribution < 1.29 is 14.6 Å². The fraction of sp³-hybridized carbons (Fsp3) is 0.348. The number of nitrogens with one attached hydrogen (secondary N) is 2. The Balaban J connectivity index is 1.31. The second kappa shape index (κ2) is 7.91. The van der Waals surface area contributed by atoms with Crippen molar-refractivity contribution in [3.05, 3.63) is 58.4 Å². The molecule has 2 aliphatic heterocycles. The highest BCUT2D eigenvalue weighted by molar-refractivity contribution is 5.83. The molecule has 0 bridgehead atoms. The molecule has 3 heterocycles. The Bertz CT molecular complexity index is 1110. The molecule has 156 valence electrons. The normalized spacial score (nSPS) is 18.4. The van der Waals surface area contributed by atoms with Gasteiger partial charge in [0.25, 0.3) is 5.56 Å². The van der Waals surface area contributed by atoms with Crippen LogP contribution in [-0.4, -0.2) is 42.5 Å². The summed E-state index contributed by atoms with van der Waals surface area (Å²) in [4.78, 5) is 17.7. The van der Waals surface area contributed by atoms with Crippen molar-refractivity contribution in [2.75, 3.05) is 36.5 Å². The lowest BCUT2D eigenvalue weighted by Gasteiger charge is -2.32. The van der Waals surface area contributed by atoms with Crippen LogP contribution < -0.4 is 25.2 Å². The molecule has 3 N–H and O–H groups in total. The van der Waals surface area contributed by atoms with Gasteiger partial charge in [0.15, 0.2) is 11.5 Å². The molecule has 2 aliphatic rings. The van der Waals surface area contributed by atoms with Crippen LogP contribution in [0.5, 0.6) is 11.5 Å². The highest BCUT2D eigenvalue weighted by Crippen LogP contribution is 2.33. The van der Waals surface area contributed by atoms with E-state index in [1.165, 1.54) is 0 Å². The van der Waals surface area contributed by atoms with Crippen molar-refractivity contribution in [1.29, 1.82) is 0 Å². The van der Waals surface area contributed by atoms with Crippen LogP contribution in [0.1, 0.15) is 18.4 Å². The van der Waals surface area contributed by atoms with Crippen LogP contribution in [0.4, 0.5) is 11.4 Å². The first kappa shape index (κ1) is 18.8. The number of H-pyrrole nitrogens is 1. The van der Waals surface area contributed by atoms with E-state index in [1.807, 2.05) is 30.3 Å². The minimum atomic E-state index is -0.251. The summed E-state index contributed by atoms with van der Waals surface area (Å²) in [5.41, 5.74) is 3.32. The Labute approximate surface area is 174 Å². The molecule has 0 aliphatic carbocycles. The number of aromatic amines is 1. The number of hydrogen-bond donors (Lipinski definition) is 3. The van der Waals surface area contributed by atoms with Gasteiger partial charge in [0, 0.05) is 48.0 Å². The third kappa shape index (κ3) is 3.80. The summed E-state index contributed by atoms with van der Waals surface area (Å²) in [6.07, 6.45) is 1.63. The Morgan fingerprint density at radius 2 is 1.87 bits per heavy atom. The highest BCUT2D eigenvalue weighted by atomic mass is 16.6. The molecule has 1 atom stereocenters. The number of hydrogen-bond acceptors (Lipinski definition) is 6. The number of pyridine rings is 1. The summed E-state index contributed by atoms with van der Waals surface area (Å²) >= 11 is 0. The lowest BCUT2D eigenvalue weighted by Crippen LogP contribution is -2.38. The van der Waals surface area contributed by atoms with Gasteiger partial charge in [-0.2, -0.15) is 0 Å². The smallest absolute Gasteiger partial charge is 0.253 e. The number of anilines is 2. The first-order chi connectivity index (χ1) is 14.7. The second-order valence-electron chi connectivity index (χ2n) is 7.85. The monoisotopic (exact) mass is 407 g/mol. The first-order valence-corrected chi connectivity index (χ1v) is 10.4. The molecule has 1 aromatic heterocycles. The molecule has 0 radical (unpaired) electrons. The van der Waals surface area contributed by atoms with Gasteiger partial charge < -0.3 is 29.8 Å². The van der Waals surface area contributed by atoms with E-state index in [0.29, 0.717) is 43.4 Å². The van der Waals surface area contributed by atoms with E-state index < -0.39 is 0 Å². The van der Waals surface area contributed by atoms with Crippen molar-refractivity contribution in [3.63, 3.8) is 0 Å². The fourth-order valence-electron chi connectivity index (χ4n) is 4.10. The molecule has 0 spiro atoms. The van der Waals surface area contributed by atoms with Gasteiger partial charge in [-0.25, -0.2) is 0 Å². The SMILES string of the molecule is O=c1[nH]c2cc3c(cc2cc1CNc1ccc(N2CCC[C@@H](O)C2)cc1)OCCO3. The number of nitrogens with zero attached hydrogens (tertiary/aromatic N) is 1. The number of aliphatic hydroxyl groups excluding tert-OH is 1. The molecular weight excluding hydrogens is 382 g/mol. The molecule has 7 nitrogen and oxygen atoms in total. The summed E-state index contributed by atoms with van der Waals surface area (Å²) in [5.74, 6) is 1.37. The van der Waals surface area contributed by atoms with Crippen LogP contribution in [0.25, 0.3) is 10.9 Å². The Hall–Kier alpha value is -3.19. The van der Waals surface area contributed by atoms with E-state index in [1.54, 1.807) is 0 Å². The Morgan fingerprint density at radius 1 is 1.10 bits per heavy atom. The van der Waals surface area contributed by atoms with Gasteiger partial charge in [0.05, 0.1) is 11.6 Å². The minimum absolute atomic E-state index is 0.120. The van der Waals surface area contributed by atoms with Gasteiger partial charge >= 0.3 is 0 Å². The lowest BCUT2D eigenvalue weighted by molar-refractivity contribution is 0.154. The van der Waals surface area contributed by atoms with E-state index >= 15 is 0 Å². The average Bonchev–Trinajstić information content (AvgIpc) is 2.77. The zero-order valence-electron chi connectivity index (χ0n) is 16.7. The Morgan fingerprint density at radius 3 is 2.63 bits per heavy atom. The molecule has 5 rings (SSSR count). The molecule has 1 saturated heterocycles. The maximum Gasteiger partial charge on any atom is 0.253 e. The Kier molecular flexibility index (Phi) is 4.96. The summed E-state index contributed by atoms with van der Waals surface area (Å²) < 4.78 is 11.2. The molecule has 3 aromatic rings. The number of aromatic nitrogens is 1. The highest BCUT2D eigenvalue weighted by Gasteiger charge is 2.18. The lowest BCUT2D eigenvalue weighted by atomic mass is 10.1. The number of β-amino-alcohol motifs (C(OH)–C–C–N with tert-alkyl or cyclic N) is 1. The van der Waals surface area contributed by atoms with Crippen LogP contribution in [0.15, 0.2) is 47.3 Å². The van der Waals surface area contributed by atoms with E-state index in [0.717, 1.165) is 41.7 Å². The van der Waals surface area contributed by atoms with Crippen molar-refractivity contribution >= 4 is 22.3 Å². The van der Waals surface area contributed by atoms with Crippen LogP contribution in [0.2, 0.25) is 0 Å². The first-order valence-electron chi connectivity index (χ1n) is 10.4. The van der Waals surface area contributed by atoms with Gasteiger partial charge in [-0.3, -0.25) is 4.79 Å². The third-order valence-electron chi connectivity index (χ3n) is 5.70. The largest absolute Gasteiger partial charge is 0.486 e. The van der Waals surface area contributed by atoms with Crippen molar-refractivity contribution in [1.82, 2.24) is 4.98 Å². The predicted molar refractivity (Wildman–Crippen MR) is 117 cm³/mol. The molecule has 1 fully saturated rings.